The molecule has 0 fully saturated rings. The van der Waals surface area contributed by atoms with Gasteiger partial charge in [-0.15, -0.1) is 0 Å². The number of halogens is 1. The summed E-state index contributed by atoms with van der Waals surface area (Å²) in [6, 6.07) is 13.9. The van der Waals surface area contributed by atoms with Crippen LogP contribution in [0, 0.1) is 5.82 Å². The van der Waals surface area contributed by atoms with Gasteiger partial charge in [-0.3, -0.25) is 5.32 Å². The van der Waals surface area contributed by atoms with Crippen molar-refractivity contribution in [1.82, 2.24) is 10.2 Å². The number of amides is 1. The minimum atomic E-state index is -0.502. The lowest BCUT2D eigenvalue weighted by Gasteiger charge is -2.22. The average molecular weight is 372 g/mol. The monoisotopic (exact) mass is 372 g/mol. The first-order valence-corrected chi connectivity index (χ1v) is 8.69. The molecular formula is C20H25FN4O2. The van der Waals surface area contributed by atoms with E-state index in [0.717, 1.165) is 23.6 Å². The molecule has 2 aromatic rings. The van der Waals surface area contributed by atoms with Gasteiger partial charge >= 0.3 is 6.09 Å². The number of anilines is 1. The van der Waals surface area contributed by atoms with Crippen molar-refractivity contribution in [3.05, 3.63) is 65.5 Å². The third-order valence-electron chi connectivity index (χ3n) is 3.83. The lowest BCUT2D eigenvalue weighted by atomic mass is 10.2. The maximum atomic E-state index is 13.1. The minimum Gasteiger partial charge on any atom is -0.453 e. The van der Waals surface area contributed by atoms with Crippen LogP contribution in [0.3, 0.4) is 0 Å². The van der Waals surface area contributed by atoms with Gasteiger partial charge in [-0.1, -0.05) is 24.3 Å². The Bertz CT molecular complexity index is 761. The highest BCUT2D eigenvalue weighted by Crippen LogP contribution is 2.11. The zero-order chi connectivity index (χ0) is 19.6. The van der Waals surface area contributed by atoms with E-state index in [1.807, 2.05) is 31.0 Å². The molecule has 1 amide bonds. The average Bonchev–Trinajstić information content (AvgIpc) is 2.68. The summed E-state index contributed by atoms with van der Waals surface area (Å²) >= 11 is 0. The van der Waals surface area contributed by atoms with Crippen molar-refractivity contribution in [2.75, 3.05) is 26.0 Å². The smallest absolute Gasteiger partial charge is 0.411 e. The molecule has 2 N–H and O–H groups in total. The van der Waals surface area contributed by atoms with Gasteiger partial charge in [0, 0.05) is 25.8 Å². The Morgan fingerprint density at radius 1 is 1.11 bits per heavy atom. The van der Waals surface area contributed by atoms with E-state index in [2.05, 4.69) is 20.4 Å². The Balaban J connectivity index is 2.01. The number of aliphatic imine (C=N–C) groups is 1. The summed E-state index contributed by atoms with van der Waals surface area (Å²) in [6.45, 7) is 3.87. The van der Waals surface area contributed by atoms with Gasteiger partial charge in [-0.05, 0) is 42.3 Å². The van der Waals surface area contributed by atoms with Crippen molar-refractivity contribution in [3.8, 4) is 0 Å². The maximum absolute atomic E-state index is 13.1. The number of methoxy groups -OCH3 is 1. The largest absolute Gasteiger partial charge is 0.453 e. The molecule has 0 radical (unpaired) electrons. The third kappa shape index (κ3) is 6.62. The van der Waals surface area contributed by atoms with E-state index in [9.17, 15) is 9.18 Å². The first-order valence-electron chi connectivity index (χ1n) is 8.69. The molecule has 0 saturated carbocycles. The molecule has 144 valence electrons. The molecule has 27 heavy (non-hydrogen) atoms. The van der Waals surface area contributed by atoms with Crippen LogP contribution in [0.4, 0.5) is 14.9 Å². The van der Waals surface area contributed by atoms with Gasteiger partial charge in [-0.25, -0.2) is 14.2 Å². The van der Waals surface area contributed by atoms with Crippen LogP contribution in [0.25, 0.3) is 0 Å². The van der Waals surface area contributed by atoms with Crippen LogP contribution in [0.2, 0.25) is 0 Å². The van der Waals surface area contributed by atoms with Gasteiger partial charge in [0.25, 0.3) is 0 Å². The molecule has 0 atom stereocenters. The van der Waals surface area contributed by atoms with Crippen molar-refractivity contribution >= 4 is 17.7 Å². The molecule has 0 aromatic heterocycles. The van der Waals surface area contributed by atoms with Crippen LogP contribution >= 0.6 is 0 Å². The predicted molar refractivity (Wildman–Crippen MR) is 105 cm³/mol. The Hall–Kier alpha value is -3.09. The van der Waals surface area contributed by atoms with E-state index in [0.29, 0.717) is 18.8 Å². The summed E-state index contributed by atoms with van der Waals surface area (Å²) in [5, 5.41) is 5.87. The summed E-state index contributed by atoms with van der Waals surface area (Å²) in [6.07, 6.45) is -0.502. The van der Waals surface area contributed by atoms with E-state index in [1.165, 1.54) is 19.2 Å². The molecule has 0 unspecified atom stereocenters. The maximum Gasteiger partial charge on any atom is 0.411 e. The number of nitrogens with zero attached hydrogens (tertiary/aromatic N) is 2. The highest BCUT2D eigenvalue weighted by atomic mass is 19.1. The fourth-order valence-corrected chi connectivity index (χ4v) is 2.44. The second kappa shape index (κ2) is 10.2. The molecule has 7 heteroatoms. The van der Waals surface area contributed by atoms with Gasteiger partial charge in [0.15, 0.2) is 5.96 Å². The van der Waals surface area contributed by atoms with Crippen LogP contribution in [-0.2, 0) is 17.8 Å². The number of benzene rings is 2. The zero-order valence-electron chi connectivity index (χ0n) is 15.8. The number of ether oxygens (including phenoxy) is 1. The summed E-state index contributed by atoms with van der Waals surface area (Å²) in [5.74, 6) is 0.519. The molecule has 6 nitrogen and oxygen atoms in total. The summed E-state index contributed by atoms with van der Waals surface area (Å²) in [5.41, 5.74) is 2.67. The number of carbonyl (C=O) groups is 1. The molecule has 0 heterocycles. The molecule has 2 rings (SSSR count). The lowest BCUT2D eigenvalue weighted by molar-refractivity contribution is 0.187. The number of carbonyl (C=O) groups excluding carboxylic acids is 1. The van der Waals surface area contributed by atoms with Gasteiger partial charge < -0.3 is 15.0 Å². The van der Waals surface area contributed by atoms with Crippen LogP contribution in [0.1, 0.15) is 18.1 Å². The number of hydrogen-bond donors (Lipinski definition) is 2. The van der Waals surface area contributed by atoms with Crippen molar-refractivity contribution in [1.29, 1.82) is 0 Å². The van der Waals surface area contributed by atoms with Crippen LogP contribution in [0.5, 0.6) is 0 Å². The normalized spacial score (nSPS) is 11.0. The fourth-order valence-electron chi connectivity index (χ4n) is 2.44. The molecule has 0 spiro atoms. The van der Waals surface area contributed by atoms with Crippen molar-refractivity contribution < 1.29 is 13.9 Å². The Morgan fingerprint density at radius 2 is 1.74 bits per heavy atom. The predicted octanol–water partition coefficient (Wildman–Crippen LogP) is 3.60. The lowest BCUT2D eigenvalue weighted by Crippen LogP contribution is -2.38. The Morgan fingerprint density at radius 3 is 2.33 bits per heavy atom. The summed E-state index contributed by atoms with van der Waals surface area (Å²) in [4.78, 5) is 17.8. The first-order chi connectivity index (χ1) is 13.0. The van der Waals surface area contributed by atoms with E-state index < -0.39 is 6.09 Å². The Labute approximate surface area is 159 Å². The van der Waals surface area contributed by atoms with E-state index >= 15 is 0 Å². The van der Waals surface area contributed by atoms with Crippen molar-refractivity contribution in [2.45, 2.75) is 20.0 Å². The van der Waals surface area contributed by atoms with Crippen molar-refractivity contribution in [2.24, 2.45) is 4.99 Å². The highest BCUT2D eigenvalue weighted by Gasteiger charge is 2.07. The van der Waals surface area contributed by atoms with Gasteiger partial charge in [0.1, 0.15) is 5.82 Å². The molecule has 0 aliphatic carbocycles. The van der Waals surface area contributed by atoms with E-state index in [1.54, 1.807) is 24.3 Å². The second-order valence-electron chi connectivity index (χ2n) is 5.97. The number of rotatable bonds is 6. The zero-order valence-corrected chi connectivity index (χ0v) is 15.8. The van der Waals surface area contributed by atoms with Crippen LogP contribution < -0.4 is 10.6 Å². The van der Waals surface area contributed by atoms with Crippen molar-refractivity contribution in [3.63, 3.8) is 0 Å². The fraction of sp³-hybridized carbons (Fsp3) is 0.300. The standard InChI is InChI=1S/C20H25FN4O2/c1-4-22-19(25(2)14-16-5-9-17(21)10-6-16)23-13-15-7-11-18(12-8-15)24-20(26)27-3/h5-12H,4,13-14H2,1-3H3,(H,22,23)(H,24,26). The number of nitrogens with one attached hydrogen (secondary N) is 2. The topological polar surface area (TPSA) is 66.0 Å². The number of guanidine groups is 1. The first kappa shape index (κ1) is 20.2. The summed E-state index contributed by atoms with van der Waals surface area (Å²) < 4.78 is 17.6. The number of hydrogen-bond acceptors (Lipinski definition) is 3. The minimum absolute atomic E-state index is 0.243. The Kier molecular flexibility index (Phi) is 7.61. The van der Waals surface area contributed by atoms with Crippen LogP contribution in [-0.4, -0.2) is 37.7 Å². The molecule has 0 aliphatic rings. The summed E-state index contributed by atoms with van der Waals surface area (Å²) in [7, 11) is 3.26. The van der Waals surface area contributed by atoms with Gasteiger partial charge in [0.2, 0.25) is 0 Å². The van der Waals surface area contributed by atoms with Gasteiger partial charge in [0.05, 0.1) is 13.7 Å². The van der Waals surface area contributed by atoms with E-state index in [4.69, 9.17) is 0 Å². The molecule has 0 aliphatic heterocycles. The molecular weight excluding hydrogens is 347 g/mol. The molecule has 0 bridgehead atoms. The van der Waals surface area contributed by atoms with Crippen LogP contribution in [0.15, 0.2) is 53.5 Å². The molecule has 2 aromatic carbocycles. The van der Waals surface area contributed by atoms with E-state index in [-0.39, 0.29) is 5.82 Å². The SMILES string of the molecule is CCNC(=NCc1ccc(NC(=O)OC)cc1)N(C)Cc1ccc(F)cc1. The third-order valence-corrected chi connectivity index (χ3v) is 3.83. The quantitative estimate of drug-likeness (QED) is 0.601. The second-order valence-corrected chi connectivity index (χ2v) is 5.97. The van der Waals surface area contributed by atoms with Gasteiger partial charge in [-0.2, -0.15) is 0 Å². The highest BCUT2D eigenvalue weighted by molar-refractivity contribution is 5.84. The molecule has 0 saturated heterocycles.